The van der Waals surface area contributed by atoms with Gasteiger partial charge >= 0.3 is 0 Å². The number of aromatic amines is 1. The van der Waals surface area contributed by atoms with E-state index in [0.29, 0.717) is 12.1 Å². The van der Waals surface area contributed by atoms with E-state index in [1.54, 1.807) is 11.1 Å². The largest absolute Gasteiger partial charge is 0.508 e. The smallest absolute Gasteiger partial charge is 0.260 e. The van der Waals surface area contributed by atoms with E-state index >= 15 is 0 Å². The number of amides is 1. The maximum atomic E-state index is 13.0. The molecule has 0 fully saturated rings. The molecule has 1 amide bonds. The van der Waals surface area contributed by atoms with Crippen LogP contribution in [0.2, 0.25) is 0 Å². The number of carbonyl (C=O) groups excluding carboxylic acids is 1. The molecule has 2 aliphatic rings. The van der Waals surface area contributed by atoms with Crippen LogP contribution >= 0.6 is 0 Å². The first-order valence-corrected chi connectivity index (χ1v) is 8.51. The first-order chi connectivity index (χ1) is 12.6. The lowest BCUT2D eigenvalue weighted by molar-refractivity contribution is 0.0780. The molecule has 0 saturated carbocycles. The van der Waals surface area contributed by atoms with E-state index in [1.165, 1.54) is 12.1 Å². The highest BCUT2D eigenvalue weighted by molar-refractivity contribution is 6.03. The van der Waals surface area contributed by atoms with Gasteiger partial charge in [-0.25, -0.2) is 0 Å². The van der Waals surface area contributed by atoms with E-state index in [9.17, 15) is 15.0 Å². The Kier molecular flexibility index (Phi) is 3.03. The number of carbonyl (C=O) groups is 1. The average molecular weight is 347 g/mol. The topological polar surface area (TPSA) is 88.6 Å². The molecule has 6 nitrogen and oxygen atoms in total. The highest BCUT2D eigenvalue weighted by atomic mass is 16.3. The van der Waals surface area contributed by atoms with Gasteiger partial charge in [-0.3, -0.25) is 4.79 Å². The minimum Gasteiger partial charge on any atom is -0.508 e. The number of aromatic hydroxyl groups is 2. The lowest BCUT2D eigenvalue weighted by atomic mass is 9.97. The zero-order valence-electron chi connectivity index (χ0n) is 13.8. The van der Waals surface area contributed by atoms with Crippen LogP contribution < -0.4 is 5.32 Å². The van der Waals surface area contributed by atoms with Crippen LogP contribution in [0.4, 0.5) is 5.69 Å². The number of hydrogen-bond donors (Lipinski definition) is 4. The molecular weight excluding hydrogens is 330 g/mol. The van der Waals surface area contributed by atoms with Crippen molar-refractivity contribution < 1.29 is 15.0 Å². The van der Waals surface area contributed by atoms with Crippen molar-refractivity contribution in [2.75, 3.05) is 5.32 Å². The predicted molar refractivity (Wildman–Crippen MR) is 98.1 cm³/mol. The monoisotopic (exact) mass is 347 g/mol. The maximum Gasteiger partial charge on any atom is 0.260 e. The first-order valence-electron chi connectivity index (χ1n) is 8.51. The molecular formula is C20H17N3O3. The van der Waals surface area contributed by atoms with Crippen LogP contribution in [0.5, 0.6) is 11.5 Å². The first kappa shape index (κ1) is 14.9. The molecule has 0 spiro atoms. The van der Waals surface area contributed by atoms with Crippen molar-refractivity contribution in [1.82, 2.24) is 9.88 Å². The SMILES string of the molecule is O=C1c2cc(O)cc(O)c2NC(c2c[nH]c3ccccc23)C2CC=CN12. The molecule has 0 aliphatic carbocycles. The predicted octanol–water partition coefficient (Wildman–Crippen LogP) is 3.47. The molecule has 0 radical (unpaired) electrons. The third-order valence-electron chi connectivity index (χ3n) is 5.21. The number of para-hydroxylation sites is 1. The number of aromatic nitrogens is 1. The number of H-pyrrole nitrogens is 1. The van der Waals surface area contributed by atoms with Crippen molar-refractivity contribution in [2.24, 2.45) is 0 Å². The highest BCUT2D eigenvalue weighted by Gasteiger charge is 2.39. The minimum absolute atomic E-state index is 0.115. The van der Waals surface area contributed by atoms with Crippen LogP contribution in [-0.4, -0.2) is 32.0 Å². The number of fused-ring (bicyclic) bond motifs is 3. The highest BCUT2D eigenvalue weighted by Crippen LogP contribution is 2.43. The molecule has 2 atom stereocenters. The summed E-state index contributed by atoms with van der Waals surface area (Å²) >= 11 is 0. The Balaban J connectivity index is 1.72. The summed E-state index contributed by atoms with van der Waals surface area (Å²) in [6.07, 6.45) is 6.42. The van der Waals surface area contributed by atoms with Gasteiger partial charge in [0.25, 0.3) is 5.91 Å². The number of rotatable bonds is 1. The van der Waals surface area contributed by atoms with Gasteiger partial charge in [-0.05, 0) is 18.6 Å². The molecule has 4 N–H and O–H groups in total. The molecule has 5 rings (SSSR count). The second kappa shape index (κ2) is 5.29. The van der Waals surface area contributed by atoms with Gasteiger partial charge in [0.15, 0.2) is 0 Å². The summed E-state index contributed by atoms with van der Waals surface area (Å²) < 4.78 is 0. The van der Waals surface area contributed by atoms with Gasteiger partial charge in [-0.15, -0.1) is 0 Å². The van der Waals surface area contributed by atoms with Crippen molar-refractivity contribution in [3.05, 3.63) is 66.0 Å². The fraction of sp³-hybridized carbons (Fsp3) is 0.150. The van der Waals surface area contributed by atoms with E-state index in [0.717, 1.165) is 16.5 Å². The molecule has 3 heterocycles. The number of phenols is 2. The summed E-state index contributed by atoms with van der Waals surface area (Å²) in [5, 5.41) is 24.6. The number of phenolic OH excluding ortho intramolecular Hbond substituents is 2. The zero-order chi connectivity index (χ0) is 17.8. The van der Waals surface area contributed by atoms with Crippen molar-refractivity contribution in [1.29, 1.82) is 0 Å². The van der Waals surface area contributed by atoms with E-state index < -0.39 is 0 Å². The number of hydrogen-bond acceptors (Lipinski definition) is 4. The van der Waals surface area contributed by atoms with Crippen LogP contribution in [0, 0.1) is 0 Å². The maximum absolute atomic E-state index is 13.0. The van der Waals surface area contributed by atoms with Gasteiger partial charge in [-0.2, -0.15) is 0 Å². The van der Waals surface area contributed by atoms with Crippen LogP contribution in [0.25, 0.3) is 10.9 Å². The molecule has 0 bridgehead atoms. The summed E-state index contributed by atoms with van der Waals surface area (Å²) in [6.45, 7) is 0. The summed E-state index contributed by atoms with van der Waals surface area (Å²) in [6, 6.07) is 10.3. The Morgan fingerprint density at radius 3 is 2.88 bits per heavy atom. The Morgan fingerprint density at radius 1 is 1.15 bits per heavy atom. The summed E-state index contributed by atoms with van der Waals surface area (Å²) in [5.74, 6) is -0.509. The normalized spacial score (nSPS) is 21.4. The molecule has 130 valence electrons. The molecule has 3 aromatic rings. The molecule has 2 aromatic carbocycles. The van der Waals surface area contributed by atoms with Gasteiger partial charge in [-0.1, -0.05) is 24.3 Å². The Labute approximate surface area is 149 Å². The van der Waals surface area contributed by atoms with Crippen molar-refractivity contribution in [3.63, 3.8) is 0 Å². The lowest BCUT2D eigenvalue weighted by Gasteiger charge is -2.29. The third-order valence-corrected chi connectivity index (χ3v) is 5.21. The van der Waals surface area contributed by atoms with Crippen molar-refractivity contribution in [3.8, 4) is 11.5 Å². The van der Waals surface area contributed by atoms with Crippen LogP contribution in [0.15, 0.2) is 54.9 Å². The summed E-state index contributed by atoms with van der Waals surface area (Å²) in [4.78, 5) is 18.0. The molecule has 26 heavy (non-hydrogen) atoms. The van der Waals surface area contributed by atoms with Gasteiger partial charge in [0.1, 0.15) is 11.5 Å². The fourth-order valence-electron chi connectivity index (χ4n) is 4.01. The van der Waals surface area contributed by atoms with Crippen molar-refractivity contribution >= 4 is 22.5 Å². The second-order valence-electron chi connectivity index (χ2n) is 6.70. The molecule has 6 heteroatoms. The number of nitrogens with one attached hydrogen (secondary N) is 2. The minimum atomic E-state index is -0.236. The summed E-state index contributed by atoms with van der Waals surface area (Å²) in [7, 11) is 0. The Bertz CT molecular complexity index is 1070. The van der Waals surface area contributed by atoms with Crippen LogP contribution in [-0.2, 0) is 0 Å². The molecule has 2 aliphatic heterocycles. The van der Waals surface area contributed by atoms with Crippen LogP contribution in [0.3, 0.4) is 0 Å². The van der Waals surface area contributed by atoms with Gasteiger partial charge < -0.3 is 25.4 Å². The van der Waals surface area contributed by atoms with Crippen LogP contribution in [0.1, 0.15) is 28.4 Å². The molecule has 2 unspecified atom stereocenters. The Morgan fingerprint density at radius 2 is 2.00 bits per heavy atom. The average Bonchev–Trinajstić information content (AvgIpc) is 3.25. The van der Waals surface area contributed by atoms with E-state index in [1.807, 2.05) is 36.5 Å². The second-order valence-corrected chi connectivity index (χ2v) is 6.70. The van der Waals surface area contributed by atoms with E-state index in [-0.39, 0.29) is 35.1 Å². The lowest BCUT2D eigenvalue weighted by Crippen LogP contribution is -2.37. The van der Waals surface area contributed by atoms with Crippen molar-refractivity contribution in [2.45, 2.75) is 18.5 Å². The quantitative estimate of drug-likeness (QED) is 0.401. The number of benzene rings is 2. The fourth-order valence-corrected chi connectivity index (χ4v) is 4.01. The van der Waals surface area contributed by atoms with E-state index in [4.69, 9.17) is 0 Å². The van der Waals surface area contributed by atoms with Gasteiger partial charge in [0.05, 0.1) is 23.3 Å². The Hall–Kier alpha value is -3.41. The molecule has 0 saturated heterocycles. The van der Waals surface area contributed by atoms with E-state index in [2.05, 4.69) is 10.3 Å². The third kappa shape index (κ3) is 2.02. The number of nitrogens with zero attached hydrogens (tertiary/aromatic N) is 1. The van der Waals surface area contributed by atoms with Gasteiger partial charge in [0.2, 0.25) is 0 Å². The van der Waals surface area contributed by atoms with Gasteiger partial charge in [0, 0.05) is 34.9 Å². The zero-order valence-corrected chi connectivity index (χ0v) is 13.8. The number of anilines is 1. The standard InChI is InChI=1S/C20H17N3O3/c24-11-8-13-19(17(25)9-11)22-18(16-6-3-7-23(16)20(13)26)14-10-21-15-5-2-1-4-12(14)15/h1-5,7-10,16,18,21-22,24-25H,6H2. The summed E-state index contributed by atoms with van der Waals surface area (Å²) in [5.41, 5.74) is 2.67. The molecule has 1 aromatic heterocycles.